The molecule has 148 heavy (non-hydrogen) atoms. The first-order valence-electron chi connectivity index (χ1n) is 50.9. The normalized spacial score (nSPS) is 22.0. The number of halogens is 1. The zero-order valence-electron chi connectivity index (χ0n) is 87.1. The molecule has 0 unspecified atom stereocenters. The Balaban J connectivity index is 0.000000177. The summed E-state index contributed by atoms with van der Waals surface area (Å²) in [6.45, 7) is 44.5. The second-order valence-corrected chi connectivity index (χ2v) is 41.4. The lowest BCUT2D eigenvalue weighted by molar-refractivity contribution is -0.155. The number of amides is 14. The first-order chi connectivity index (χ1) is 70.7. The van der Waals surface area contributed by atoms with Crippen molar-refractivity contribution in [3.8, 4) is 16.9 Å². The molecular weight excluding hydrogens is 1880 g/mol. The second kappa shape index (κ2) is 53.6. The third-order valence-electron chi connectivity index (χ3n) is 28.6. The van der Waals surface area contributed by atoms with E-state index in [9.17, 15) is 67.1 Å². The van der Waals surface area contributed by atoms with Crippen molar-refractivity contribution in [2.24, 2.45) is 37.9 Å². The number of para-hydroxylation sites is 1. The molecule has 7 aliphatic heterocycles. The van der Waals surface area contributed by atoms with Gasteiger partial charge >= 0.3 is 12.2 Å². The Morgan fingerprint density at radius 2 is 0.662 bits per heavy atom. The number of benzene rings is 9. The Labute approximate surface area is 877 Å². The summed E-state index contributed by atoms with van der Waals surface area (Å²) in [7, 11) is 0. The highest BCUT2D eigenvalue weighted by Gasteiger charge is 2.50. The highest BCUT2D eigenvalue weighted by Crippen LogP contribution is 2.44. The van der Waals surface area contributed by atoms with Crippen LogP contribution in [-0.2, 0) is 56.1 Å². The van der Waals surface area contributed by atoms with Crippen LogP contribution in [0.1, 0.15) is 236 Å². The fourth-order valence-corrected chi connectivity index (χ4v) is 20.7. The number of ether oxygens (including phenoxy) is 2. The predicted molar refractivity (Wildman–Crippen MR) is 582 cm³/mol. The molecule has 9 aromatic carbocycles. The molecule has 0 spiro atoms. The van der Waals surface area contributed by atoms with E-state index in [4.69, 9.17) is 21.1 Å². The summed E-state index contributed by atoms with van der Waals surface area (Å²) in [5.74, 6) is -1.32. The molecule has 14 amide bonds. The molecule has 7 fully saturated rings. The van der Waals surface area contributed by atoms with Crippen molar-refractivity contribution in [2.75, 3.05) is 45.8 Å². The number of imide groups is 7. The topological polar surface area (TPSA) is 280 Å². The van der Waals surface area contributed by atoms with Crippen LogP contribution in [0.25, 0.3) is 21.9 Å². The van der Waals surface area contributed by atoms with Crippen molar-refractivity contribution in [1.82, 2.24) is 34.3 Å². The lowest BCUT2D eigenvalue weighted by Gasteiger charge is -2.40. The van der Waals surface area contributed by atoms with Gasteiger partial charge in [0.05, 0.1) is 37.9 Å². The largest absolute Gasteiger partial charge is 0.444 e. The number of piperidine rings is 6. The second-order valence-electron chi connectivity index (χ2n) is 40.8. The summed E-state index contributed by atoms with van der Waals surface area (Å²) in [4.78, 5) is 184. The zero-order chi connectivity index (χ0) is 108. The summed E-state index contributed by atoms with van der Waals surface area (Å²) in [6, 6.07) is 77.0. The number of nitrogens with zero attached hydrogens (tertiary/aromatic N) is 7. The van der Waals surface area contributed by atoms with Crippen molar-refractivity contribution in [1.29, 1.82) is 0 Å². The first-order valence-corrected chi connectivity index (χ1v) is 51.3. The van der Waals surface area contributed by atoms with Gasteiger partial charge in [0.25, 0.3) is 23.6 Å². The molecule has 16 rings (SSSR count). The number of allylic oxidation sites excluding steroid dienone is 7. The van der Waals surface area contributed by atoms with Gasteiger partial charge in [-0.05, 0) is 229 Å². The number of hydrogen-bond acceptors (Lipinski definition) is 16. The van der Waals surface area contributed by atoms with Gasteiger partial charge in [0, 0.05) is 80.0 Å². The summed E-state index contributed by atoms with van der Waals surface area (Å²) < 4.78 is 10.4. The van der Waals surface area contributed by atoms with E-state index >= 15 is 0 Å². The van der Waals surface area contributed by atoms with Gasteiger partial charge in [0.15, 0.2) is 0 Å². The molecule has 0 saturated carbocycles. The van der Waals surface area contributed by atoms with E-state index in [0.29, 0.717) is 137 Å². The first kappa shape index (κ1) is 115. The molecule has 0 bridgehead atoms. The van der Waals surface area contributed by atoms with Gasteiger partial charge in [0.2, 0.25) is 47.3 Å². The smallest absolute Gasteiger partial charge is 0.421 e. The summed E-state index contributed by atoms with van der Waals surface area (Å²) in [6.07, 6.45) is 22.7. The number of carbonyl (C=O) groups is 14. The standard InChI is InChI=1S/C22H23NO2.C20H21NO2.2C17H21NO2.C16H18ClNO2.2C16H19NO3/c1-3-14-22(2)15-7-16-23(21(22)25)20(24)19-12-10-18(11-13-19)17-8-5-4-6-9-17;1-3-12-20(2)13-7-14-21(19(20)23)18(22)17-11-6-9-15-8-4-5-10-16(15)17;1-13(2)12-17(3)10-7-11-18(16(17)20)15(19)14-8-5-4-6-9-14;1-3-10-17(13-15-8-5-4-6-9-15)11-7-12-18(14(2)19)16(17)20;1-12(17)11-16(2)9-6-10-18(15(16)20)14(19)13-7-4-3-5-8-13;1-3-10-16(2)11-7-12-17(14(16)18)15(19)20-13-8-5-4-6-9-13;1-3-9-16(2)10-11-17(14(16)18)15(19)20-12-13-7-5-4-6-8-13/h3-6,8-13H,1,7,14-16H2,2H3;3-6,8-11H,1,7,12-14H2,2H3;4-6,8-9H,1,7,10-12H2,2-3H3;3-6,8-9H,1,7,10-13H2,2H3;3-5,7-8H,1,6,9-11H2,2H3;3-6,8-9H,1,7,10-12H2,2H3;3-8H,1,9-12H2,2H3/t22-;20-;2*17-;3*16-/m1101011/s1. The minimum Gasteiger partial charge on any atom is -0.444 e. The molecule has 7 aliphatic rings. The molecule has 0 N–H and O–H groups in total. The van der Waals surface area contributed by atoms with Crippen LogP contribution in [0.2, 0.25) is 0 Å². The number of likely N-dealkylation sites (tertiary alicyclic amines) is 7. The van der Waals surface area contributed by atoms with Crippen LogP contribution in [0.4, 0.5) is 9.59 Å². The number of carbonyl (C=O) groups excluding carboxylic acids is 14. The molecule has 7 atom stereocenters. The molecule has 7 heterocycles. The highest BCUT2D eigenvalue weighted by atomic mass is 35.5. The Morgan fingerprint density at radius 1 is 0.324 bits per heavy atom. The van der Waals surface area contributed by atoms with Crippen molar-refractivity contribution in [3.63, 3.8) is 0 Å². The zero-order valence-corrected chi connectivity index (χ0v) is 87.8. The van der Waals surface area contributed by atoms with Gasteiger partial charge in [-0.15, -0.1) is 39.5 Å². The maximum Gasteiger partial charge on any atom is 0.421 e. The fourth-order valence-electron chi connectivity index (χ4n) is 20.4. The number of fused-ring (bicyclic) bond motifs is 1. The molecule has 0 aromatic heterocycles. The Morgan fingerprint density at radius 3 is 1.10 bits per heavy atom. The van der Waals surface area contributed by atoms with E-state index in [1.807, 2.05) is 218 Å². The maximum absolute atomic E-state index is 13.0. The monoisotopic (exact) mass is 2020 g/mol. The summed E-state index contributed by atoms with van der Waals surface area (Å²) in [5.41, 5.74) is 3.72. The molecule has 0 aliphatic carbocycles. The van der Waals surface area contributed by atoms with Crippen LogP contribution in [0, 0.1) is 37.9 Å². The maximum atomic E-state index is 13.0. The van der Waals surface area contributed by atoms with Gasteiger partial charge < -0.3 is 9.47 Å². The van der Waals surface area contributed by atoms with Crippen LogP contribution >= 0.6 is 11.6 Å². The lowest BCUT2D eigenvalue weighted by Crippen LogP contribution is -2.51. The molecule has 0 radical (unpaired) electrons. The highest BCUT2D eigenvalue weighted by molar-refractivity contribution is 6.29. The predicted octanol–water partition coefficient (Wildman–Crippen LogP) is 25.4. The van der Waals surface area contributed by atoms with Gasteiger partial charge in [-0.3, -0.25) is 82.0 Å². The Kier molecular flexibility index (Phi) is 41.7. The minimum atomic E-state index is -0.623. The van der Waals surface area contributed by atoms with Gasteiger partial charge in [0.1, 0.15) is 12.4 Å². The molecular formula is C124H142ClN7O16. The summed E-state index contributed by atoms with van der Waals surface area (Å²) >= 11 is 5.86. The quantitative estimate of drug-likeness (QED) is 0.0401. The SMILES string of the molecule is C=C(C)C[C@]1(C)CCCN(C(=O)c2ccccc2)C1=O.C=C(Cl)C[C@]1(C)CCCN(C(=O)c2ccccc2)C1=O.C=CC[C@]1(C)CCCN(C(=O)Oc2ccccc2)C1=O.C=CC[C@]1(C)CCCN(C(=O)c2ccc(-c3ccccc3)cc2)C1=O.C=CC[C@]1(C)CCCN(C(=O)c2cccc3ccccc23)C1=O.C=CC[C@]1(C)CCN(C(=O)OCc2ccccc2)C1=O.C=CC[C@]1(Cc2ccccc2)CCCN(C(C)=O)C1=O. The summed E-state index contributed by atoms with van der Waals surface area (Å²) in [5, 5.41) is 2.36. The lowest BCUT2D eigenvalue weighted by atomic mass is 9.72. The van der Waals surface area contributed by atoms with Crippen molar-refractivity contribution >= 4 is 105 Å². The Bertz CT molecular complexity index is 6180. The van der Waals surface area contributed by atoms with Crippen LogP contribution in [0.5, 0.6) is 5.75 Å². The van der Waals surface area contributed by atoms with E-state index < -0.39 is 50.1 Å². The van der Waals surface area contributed by atoms with E-state index in [1.54, 1.807) is 109 Å². The van der Waals surface area contributed by atoms with Gasteiger partial charge in [-0.25, -0.2) is 19.4 Å². The Hall–Kier alpha value is -14.7. The van der Waals surface area contributed by atoms with Gasteiger partial charge in [-0.2, -0.15) is 0 Å². The third-order valence-corrected chi connectivity index (χ3v) is 28.7. The molecule has 776 valence electrons. The molecule has 7 saturated heterocycles. The molecule has 9 aromatic rings. The van der Waals surface area contributed by atoms with Gasteiger partial charge in [-0.1, -0.05) is 290 Å². The number of hydrogen-bond donors (Lipinski definition) is 0. The molecule has 23 nitrogen and oxygen atoms in total. The third kappa shape index (κ3) is 29.6. The van der Waals surface area contributed by atoms with Crippen molar-refractivity contribution in [3.05, 3.63) is 369 Å². The van der Waals surface area contributed by atoms with E-state index in [1.165, 1.54) is 41.2 Å². The van der Waals surface area contributed by atoms with Crippen LogP contribution in [0.3, 0.4) is 0 Å². The van der Waals surface area contributed by atoms with E-state index in [0.717, 1.165) is 116 Å². The van der Waals surface area contributed by atoms with Crippen LogP contribution in [-0.4, -0.2) is 163 Å². The minimum absolute atomic E-state index is 0.0417. The average molecular weight is 2020 g/mol. The number of rotatable bonds is 24. The molecule has 24 heteroatoms. The fraction of sp³-hybridized carbons (Fsp3) is 0.355. The van der Waals surface area contributed by atoms with Crippen LogP contribution < -0.4 is 4.74 Å². The van der Waals surface area contributed by atoms with E-state index in [2.05, 4.69) is 46.1 Å². The van der Waals surface area contributed by atoms with Crippen molar-refractivity contribution < 1.29 is 76.6 Å². The van der Waals surface area contributed by atoms with Crippen LogP contribution in [0.15, 0.2) is 336 Å². The van der Waals surface area contributed by atoms with E-state index in [-0.39, 0.29) is 77.5 Å². The average Bonchev–Trinajstić information content (AvgIpc) is 1.69. The van der Waals surface area contributed by atoms with Crippen molar-refractivity contribution in [2.45, 2.75) is 197 Å².